The highest BCUT2D eigenvalue weighted by atomic mass is 32.2. The molecule has 1 heterocycles. The van der Waals surface area contributed by atoms with Crippen molar-refractivity contribution in [2.75, 3.05) is 39.0 Å². The molecular weight excluding hydrogens is 454 g/mol. The number of methoxy groups -OCH3 is 3. The molecule has 0 aliphatic carbocycles. The molecule has 1 amide bonds. The second-order valence-electron chi connectivity index (χ2n) is 6.84. The van der Waals surface area contributed by atoms with Gasteiger partial charge in [0.1, 0.15) is 0 Å². The quantitative estimate of drug-likeness (QED) is 0.329. The van der Waals surface area contributed by atoms with E-state index in [1.807, 2.05) is 10.6 Å². The van der Waals surface area contributed by atoms with Gasteiger partial charge >= 0.3 is 0 Å². The Morgan fingerprint density at radius 3 is 2.52 bits per heavy atom. The van der Waals surface area contributed by atoms with E-state index < -0.39 is 11.6 Å². The Labute approximate surface area is 194 Å². The molecule has 0 saturated heterocycles. The van der Waals surface area contributed by atoms with E-state index in [0.717, 1.165) is 17.7 Å². The van der Waals surface area contributed by atoms with Gasteiger partial charge in [0.15, 0.2) is 34.1 Å². The number of nitrogens with zero attached hydrogens (tertiary/aromatic N) is 3. The first-order chi connectivity index (χ1) is 16.0. The number of nitrogens with one attached hydrogen (secondary N) is 1. The first-order valence-electron chi connectivity index (χ1n) is 9.99. The Bertz CT molecular complexity index is 1110. The predicted molar refractivity (Wildman–Crippen MR) is 121 cm³/mol. The molecule has 0 aliphatic rings. The summed E-state index contributed by atoms with van der Waals surface area (Å²) in [7, 11) is 4.74. The first kappa shape index (κ1) is 24.5. The lowest BCUT2D eigenvalue weighted by molar-refractivity contribution is -0.113. The minimum Gasteiger partial charge on any atom is -0.493 e. The third-order valence-electron chi connectivity index (χ3n) is 4.62. The van der Waals surface area contributed by atoms with E-state index in [-0.39, 0.29) is 17.3 Å². The van der Waals surface area contributed by atoms with Crippen LogP contribution in [0.5, 0.6) is 11.5 Å². The van der Waals surface area contributed by atoms with Gasteiger partial charge in [-0.25, -0.2) is 8.78 Å². The lowest BCUT2D eigenvalue weighted by Gasteiger charge is -2.12. The fourth-order valence-corrected chi connectivity index (χ4v) is 3.82. The van der Waals surface area contributed by atoms with Gasteiger partial charge in [-0.3, -0.25) is 4.79 Å². The zero-order valence-corrected chi connectivity index (χ0v) is 19.2. The number of hydrogen-bond donors (Lipinski definition) is 1. The standard InChI is InChI=1S/C22H24F2N4O4S/c1-30-10-4-9-28-21(14-5-8-18(31-2)19(11-14)32-3)26-27-22(28)33-13-20(29)25-15-6-7-16(23)17(24)12-15/h5-8,11-12H,4,9-10,13H2,1-3H3,(H,25,29). The molecule has 33 heavy (non-hydrogen) atoms. The lowest BCUT2D eigenvalue weighted by Crippen LogP contribution is -2.15. The smallest absolute Gasteiger partial charge is 0.234 e. The fraction of sp³-hybridized carbons (Fsp3) is 0.318. The highest BCUT2D eigenvalue weighted by Gasteiger charge is 2.17. The van der Waals surface area contributed by atoms with Gasteiger partial charge in [-0.05, 0) is 36.8 Å². The molecular formula is C22H24F2N4O4S. The number of rotatable bonds is 11. The van der Waals surface area contributed by atoms with Crippen LogP contribution < -0.4 is 14.8 Å². The summed E-state index contributed by atoms with van der Waals surface area (Å²) in [5.41, 5.74) is 0.947. The van der Waals surface area contributed by atoms with Crippen molar-refractivity contribution in [3.05, 3.63) is 48.0 Å². The molecule has 0 saturated carbocycles. The topological polar surface area (TPSA) is 87.5 Å². The minimum atomic E-state index is -1.03. The van der Waals surface area contributed by atoms with Gasteiger partial charge in [0, 0.05) is 37.6 Å². The number of hydrogen-bond acceptors (Lipinski definition) is 7. The zero-order chi connectivity index (χ0) is 23.8. The Morgan fingerprint density at radius 2 is 1.82 bits per heavy atom. The molecule has 0 radical (unpaired) electrons. The maximum atomic E-state index is 13.4. The van der Waals surface area contributed by atoms with Gasteiger partial charge in [-0.2, -0.15) is 0 Å². The number of carbonyl (C=O) groups is 1. The van der Waals surface area contributed by atoms with Gasteiger partial charge < -0.3 is 24.1 Å². The van der Waals surface area contributed by atoms with Gasteiger partial charge in [-0.15, -0.1) is 10.2 Å². The van der Waals surface area contributed by atoms with E-state index in [0.29, 0.717) is 42.1 Å². The molecule has 3 rings (SSSR count). The molecule has 0 aliphatic heterocycles. The van der Waals surface area contributed by atoms with Crippen LogP contribution in [0.15, 0.2) is 41.6 Å². The monoisotopic (exact) mass is 478 g/mol. The third kappa shape index (κ3) is 6.20. The van der Waals surface area contributed by atoms with Crippen LogP contribution >= 0.6 is 11.8 Å². The molecule has 1 N–H and O–H groups in total. The number of carbonyl (C=O) groups excluding carboxylic acids is 1. The summed E-state index contributed by atoms with van der Waals surface area (Å²) < 4.78 is 44.2. The largest absolute Gasteiger partial charge is 0.493 e. The molecule has 11 heteroatoms. The van der Waals surface area contributed by atoms with Crippen LogP contribution in [0.1, 0.15) is 6.42 Å². The summed E-state index contributed by atoms with van der Waals surface area (Å²) in [6.45, 7) is 1.11. The number of halogens is 2. The number of anilines is 1. The molecule has 8 nitrogen and oxygen atoms in total. The molecule has 3 aromatic rings. The van der Waals surface area contributed by atoms with Crippen LogP contribution in [0.2, 0.25) is 0 Å². The SMILES string of the molecule is COCCCn1c(SCC(=O)Nc2ccc(F)c(F)c2)nnc1-c1ccc(OC)c(OC)c1. The molecule has 0 bridgehead atoms. The zero-order valence-electron chi connectivity index (χ0n) is 18.4. The normalized spacial score (nSPS) is 10.8. The van der Waals surface area contributed by atoms with Crippen molar-refractivity contribution in [1.29, 1.82) is 0 Å². The second kappa shape index (κ2) is 11.6. The summed E-state index contributed by atoms with van der Waals surface area (Å²) in [4.78, 5) is 12.3. The second-order valence-corrected chi connectivity index (χ2v) is 7.78. The Kier molecular flexibility index (Phi) is 8.61. The fourth-order valence-electron chi connectivity index (χ4n) is 3.05. The van der Waals surface area contributed by atoms with Crippen LogP contribution in [0, 0.1) is 11.6 Å². The molecule has 0 unspecified atom stereocenters. The van der Waals surface area contributed by atoms with Crippen LogP contribution in [0.3, 0.4) is 0 Å². The Hall–Kier alpha value is -3.18. The van der Waals surface area contributed by atoms with E-state index in [1.165, 1.54) is 17.8 Å². The predicted octanol–water partition coefficient (Wildman–Crippen LogP) is 4.01. The van der Waals surface area contributed by atoms with E-state index in [1.54, 1.807) is 33.5 Å². The molecule has 2 aromatic carbocycles. The van der Waals surface area contributed by atoms with Gasteiger partial charge in [0.05, 0.1) is 20.0 Å². The summed E-state index contributed by atoms with van der Waals surface area (Å²) in [6, 6.07) is 8.62. The van der Waals surface area contributed by atoms with Crippen LogP contribution in [0.4, 0.5) is 14.5 Å². The molecule has 176 valence electrons. The number of aromatic nitrogens is 3. The average molecular weight is 479 g/mol. The van der Waals surface area contributed by atoms with E-state index in [4.69, 9.17) is 14.2 Å². The van der Waals surface area contributed by atoms with Crippen molar-refractivity contribution in [2.24, 2.45) is 0 Å². The van der Waals surface area contributed by atoms with E-state index in [2.05, 4.69) is 15.5 Å². The summed E-state index contributed by atoms with van der Waals surface area (Å²) in [5.74, 6) is -0.627. The van der Waals surface area contributed by atoms with Gasteiger partial charge in [-0.1, -0.05) is 11.8 Å². The van der Waals surface area contributed by atoms with E-state index in [9.17, 15) is 13.6 Å². The molecule has 1 aromatic heterocycles. The van der Waals surface area contributed by atoms with Crippen molar-refractivity contribution in [1.82, 2.24) is 14.8 Å². The van der Waals surface area contributed by atoms with Crippen molar-refractivity contribution < 1.29 is 27.8 Å². The highest BCUT2D eigenvalue weighted by Crippen LogP contribution is 2.33. The van der Waals surface area contributed by atoms with Crippen molar-refractivity contribution in [3.63, 3.8) is 0 Å². The third-order valence-corrected chi connectivity index (χ3v) is 5.59. The average Bonchev–Trinajstić information content (AvgIpc) is 3.22. The number of ether oxygens (including phenoxy) is 3. The number of thioether (sulfide) groups is 1. The van der Waals surface area contributed by atoms with Crippen LogP contribution in [0.25, 0.3) is 11.4 Å². The molecule has 0 spiro atoms. The highest BCUT2D eigenvalue weighted by molar-refractivity contribution is 7.99. The summed E-state index contributed by atoms with van der Waals surface area (Å²) in [6.07, 6.45) is 0.712. The number of benzene rings is 2. The van der Waals surface area contributed by atoms with E-state index >= 15 is 0 Å². The first-order valence-corrected chi connectivity index (χ1v) is 11.0. The van der Waals surface area contributed by atoms with Gasteiger partial charge in [0.25, 0.3) is 0 Å². The summed E-state index contributed by atoms with van der Waals surface area (Å²) >= 11 is 1.19. The lowest BCUT2D eigenvalue weighted by atomic mass is 10.2. The Morgan fingerprint density at radius 1 is 1.03 bits per heavy atom. The van der Waals surface area contributed by atoms with Crippen molar-refractivity contribution >= 4 is 23.4 Å². The summed E-state index contributed by atoms with van der Waals surface area (Å²) in [5, 5.41) is 11.6. The van der Waals surface area contributed by atoms with Crippen molar-refractivity contribution in [2.45, 2.75) is 18.1 Å². The number of amides is 1. The minimum absolute atomic E-state index is 0.00728. The van der Waals surface area contributed by atoms with Crippen molar-refractivity contribution in [3.8, 4) is 22.9 Å². The van der Waals surface area contributed by atoms with Crippen LogP contribution in [-0.4, -0.2) is 54.4 Å². The maximum Gasteiger partial charge on any atom is 0.234 e. The maximum absolute atomic E-state index is 13.4. The molecule has 0 atom stereocenters. The van der Waals surface area contributed by atoms with Gasteiger partial charge in [0.2, 0.25) is 5.91 Å². The Balaban J connectivity index is 1.78. The molecule has 0 fully saturated rings. The van der Waals surface area contributed by atoms with Crippen LogP contribution in [-0.2, 0) is 16.1 Å².